The Kier molecular flexibility index (Phi) is 4.76. The van der Waals surface area contributed by atoms with E-state index in [1.807, 2.05) is 11.1 Å². The number of hydrogen-bond acceptors (Lipinski definition) is 3. The zero-order valence-electron chi connectivity index (χ0n) is 13.6. The van der Waals surface area contributed by atoms with Crippen LogP contribution in [-0.2, 0) is 4.79 Å². The Bertz CT molecular complexity index is 662. The van der Waals surface area contributed by atoms with Gasteiger partial charge in [-0.15, -0.1) is 0 Å². The van der Waals surface area contributed by atoms with Crippen LogP contribution in [0.15, 0.2) is 30.5 Å². The number of benzene rings is 1. The highest BCUT2D eigenvalue weighted by Gasteiger charge is 2.27. The van der Waals surface area contributed by atoms with Crippen molar-refractivity contribution < 1.29 is 4.79 Å². The Hall–Kier alpha value is -2.14. The highest BCUT2D eigenvalue weighted by molar-refractivity contribution is 5.76. The van der Waals surface area contributed by atoms with Crippen molar-refractivity contribution in [2.24, 2.45) is 5.73 Å². The molecule has 1 aromatic carbocycles. The number of likely N-dealkylation sites (tertiary alicyclic amines) is 1. The molecule has 0 saturated carbocycles. The van der Waals surface area contributed by atoms with Gasteiger partial charge in [0.15, 0.2) is 0 Å². The average molecular weight is 312 g/mol. The highest BCUT2D eigenvalue weighted by atomic mass is 16.2. The molecule has 122 valence electrons. The molecule has 3 rings (SSSR count). The summed E-state index contributed by atoms with van der Waals surface area (Å²) in [4.78, 5) is 14.1. The van der Waals surface area contributed by atoms with Gasteiger partial charge >= 0.3 is 0 Å². The van der Waals surface area contributed by atoms with E-state index in [2.05, 4.69) is 41.4 Å². The van der Waals surface area contributed by atoms with Gasteiger partial charge in [0.1, 0.15) is 0 Å². The highest BCUT2D eigenvalue weighted by Crippen LogP contribution is 2.33. The van der Waals surface area contributed by atoms with Crippen molar-refractivity contribution in [3.8, 4) is 11.1 Å². The molecule has 3 N–H and O–H groups in total. The van der Waals surface area contributed by atoms with Crippen LogP contribution in [0.2, 0.25) is 0 Å². The Balaban J connectivity index is 1.81. The first kappa shape index (κ1) is 15.7. The summed E-state index contributed by atoms with van der Waals surface area (Å²) in [6, 6.07) is 8.49. The lowest BCUT2D eigenvalue weighted by Crippen LogP contribution is -2.40. The third-order valence-corrected chi connectivity index (χ3v) is 4.57. The molecule has 0 aliphatic carbocycles. The number of hydrogen-bond donors (Lipinski definition) is 2. The first-order valence-electron chi connectivity index (χ1n) is 8.27. The first-order chi connectivity index (χ1) is 11.2. The van der Waals surface area contributed by atoms with Gasteiger partial charge < -0.3 is 10.6 Å². The first-order valence-corrected chi connectivity index (χ1v) is 8.27. The number of aromatic nitrogens is 2. The molecule has 1 aliphatic heterocycles. The molecule has 2 heterocycles. The van der Waals surface area contributed by atoms with Gasteiger partial charge in [0, 0.05) is 43.2 Å². The van der Waals surface area contributed by atoms with E-state index in [-0.39, 0.29) is 5.91 Å². The normalized spacial score (nSPS) is 18.2. The van der Waals surface area contributed by atoms with Crippen molar-refractivity contribution in [3.63, 3.8) is 0 Å². The topological polar surface area (TPSA) is 75.0 Å². The van der Waals surface area contributed by atoms with E-state index >= 15 is 0 Å². The summed E-state index contributed by atoms with van der Waals surface area (Å²) in [6.45, 7) is 4.09. The van der Waals surface area contributed by atoms with Crippen LogP contribution < -0.4 is 5.73 Å². The molecule has 1 saturated heterocycles. The minimum Gasteiger partial charge on any atom is -0.342 e. The van der Waals surface area contributed by atoms with Crippen LogP contribution in [0.25, 0.3) is 11.1 Å². The maximum Gasteiger partial charge on any atom is 0.223 e. The van der Waals surface area contributed by atoms with Crippen LogP contribution in [0.1, 0.15) is 36.4 Å². The molecular weight excluding hydrogens is 288 g/mol. The van der Waals surface area contributed by atoms with Crippen molar-refractivity contribution >= 4 is 5.91 Å². The third kappa shape index (κ3) is 3.45. The van der Waals surface area contributed by atoms with Crippen LogP contribution in [0.4, 0.5) is 0 Å². The van der Waals surface area contributed by atoms with Gasteiger partial charge in [-0.1, -0.05) is 29.8 Å². The predicted molar refractivity (Wildman–Crippen MR) is 91.0 cm³/mol. The number of carbonyl (C=O) groups is 1. The molecule has 1 amide bonds. The number of nitrogens with one attached hydrogen (secondary N) is 1. The molecule has 1 aromatic heterocycles. The van der Waals surface area contributed by atoms with Gasteiger partial charge in [0.05, 0.1) is 6.20 Å². The van der Waals surface area contributed by atoms with Crippen molar-refractivity contribution in [1.29, 1.82) is 0 Å². The second-order valence-electron chi connectivity index (χ2n) is 6.28. The SMILES string of the molecule is Cc1ccc(-c2cn[nH]c2C2CCCN(C(=O)CCN)C2)cc1. The molecule has 1 unspecified atom stereocenters. The molecule has 1 atom stereocenters. The number of amides is 1. The van der Waals surface area contributed by atoms with Crippen molar-refractivity contribution in [2.45, 2.75) is 32.1 Å². The number of carbonyl (C=O) groups excluding carboxylic acids is 1. The van der Waals surface area contributed by atoms with E-state index in [0.29, 0.717) is 18.9 Å². The van der Waals surface area contributed by atoms with Crippen LogP contribution >= 0.6 is 0 Å². The van der Waals surface area contributed by atoms with Crippen molar-refractivity contribution in [3.05, 3.63) is 41.7 Å². The van der Waals surface area contributed by atoms with Crippen LogP contribution in [-0.4, -0.2) is 40.6 Å². The molecule has 1 aliphatic rings. The van der Waals surface area contributed by atoms with Crippen LogP contribution in [0.3, 0.4) is 0 Å². The van der Waals surface area contributed by atoms with E-state index in [1.165, 1.54) is 11.1 Å². The summed E-state index contributed by atoms with van der Waals surface area (Å²) in [5.74, 6) is 0.470. The Morgan fingerprint density at radius 2 is 2.17 bits per heavy atom. The molecule has 1 fully saturated rings. The average Bonchev–Trinajstić information content (AvgIpc) is 3.05. The molecule has 0 bridgehead atoms. The Labute approximate surface area is 136 Å². The van der Waals surface area contributed by atoms with Gasteiger partial charge in [-0.25, -0.2) is 0 Å². The molecule has 0 spiro atoms. The smallest absolute Gasteiger partial charge is 0.223 e. The van der Waals surface area contributed by atoms with Crippen LogP contribution in [0.5, 0.6) is 0 Å². The number of H-pyrrole nitrogens is 1. The van der Waals surface area contributed by atoms with Gasteiger partial charge in [-0.3, -0.25) is 9.89 Å². The maximum absolute atomic E-state index is 12.1. The summed E-state index contributed by atoms with van der Waals surface area (Å²) < 4.78 is 0. The van der Waals surface area contributed by atoms with E-state index < -0.39 is 0 Å². The van der Waals surface area contributed by atoms with Gasteiger partial charge in [-0.2, -0.15) is 5.10 Å². The lowest BCUT2D eigenvalue weighted by atomic mass is 9.90. The van der Waals surface area contributed by atoms with Gasteiger partial charge in [0.25, 0.3) is 0 Å². The fourth-order valence-corrected chi connectivity index (χ4v) is 3.29. The number of piperidine rings is 1. The fourth-order valence-electron chi connectivity index (χ4n) is 3.29. The summed E-state index contributed by atoms with van der Waals surface area (Å²) in [6.07, 6.45) is 4.42. The molecule has 23 heavy (non-hydrogen) atoms. The van der Waals surface area contributed by atoms with Gasteiger partial charge in [0.2, 0.25) is 5.91 Å². The Morgan fingerprint density at radius 1 is 1.39 bits per heavy atom. The van der Waals surface area contributed by atoms with Crippen LogP contribution in [0, 0.1) is 6.92 Å². The molecule has 0 radical (unpaired) electrons. The summed E-state index contributed by atoms with van der Waals surface area (Å²) in [5.41, 5.74) is 10.2. The van der Waals surface area contributed by atoms with Crippen molar-refractivity contribution in [1.82, 2.24) is 15.1 Å². The van der Waals surface area contributed by atoms with Crippen molar-refractivity contribution in [2.75, 3.05) is 19.6 Å². The fraction of sp³-hybridized carbons (Fsp3) is 0.444. The largest absolute Gasteiger partial charge is 0.342 e. The quantitative estimate of drug-likeness (QED) is 0.910. The maximum atomic E-state index is 12.1. The lowest BCUT2D eigenvalue weighted by Gasteiger charge is -2.32. The minimum absolute atomic E-state index is 0.161. The minimum atomic E-state index is 0.161. The number of aryl methyl sites for hydroxylation is 1. The number of aromatic amines is 1. The van der Waals surface area contributed by atoms with Gasteiger partial charge in [-0.05, 0) is 25.3 Å². The summed E-state index contributed by atoms with van der Waals surface area (Å²) >= 11 is 0. The zero-order chi connectivity index (χ0) is 16.2. The van der Waals surface area contributed by atoms with E-state index in [0.717, 1.165) is 37.2 Å². The molecule has 5 nitrogen and oxygen atoms in total. The van der Waals surface area contributed by atoms with E-state index in [9.17, 15) is 4.79 Å². The van der Waals surface area contributed by atoms with E-state index in [4.69, 9.17) is 5.73 Å². The summed E-state index contributed by atoms with van der Waals surface area (Å²) in [5, 5.41) is 7.42. The zero-order valence-corrected chi connectivity index (χ0v) is 13.6. The molecule has 5 heteroatoms. The second-order valence-corrected chi connectivity index (χ2v) is 6.28. The number of nitrogens with zero attached hydrogens (tertiary/aromatic N) is 2. The molecule has 2 aromatic rings. The number of rotatable bonds is 4. The molecular formula is C18H24N4O. The predicted octanol–water partition coefficient (Wildman–Crippen LogP) is 2.44. The summed E-state index contributed by atoms with van der Waals surface area (Å²) in [7, 11) is 0. The number of nitrogens with two attached hydrogens (primary N) is 1. The monoisotopic (exact) mass is 312 g/mol. The third-order valence-electron chi connectivity index (χ3n) is 4.57. The van der Waals surface area contributed by atoms with E-state index in [1.54, 1.807) is 0 Å². The standard InChI is InChI=1S/C18H24N4O/c1-13-4-6-14(7-5-13)16-11-20-21-18(16)15-3-2-10-22(12-15)17(23)8-9-19/h4-7,11,15H,2-3,8-10,12,19H2,1H3,(H,20,21). The Morgan fingerprint density at radius 3 is 2.91 bits per heavy atom. The lowest BCUT2D eigenvalue weighted by molar-refractivity contribution is -0.132. The second kappa shape index (κ2) is 6.96.